The molecule has 3 N–H and O–H groups in total. The van der Waals surface area contributed by atoms with Gasteiger partial charge in [-0.1, -0.05) is 40.2 Å². The Morgan fingerprint density at radius 2 is 2.00 bits per heavy atom. The van der Waals surface area contributed by atoms with E-state index >= 15 is 0 Å². The lowest BCUT2D eigenvalue weighted by atomic mass is 9.95. The lowest BCUT2D eigenvalue weighted by molar-refractivity contribution is 0.614. The van der Waals surface area contributed by atoms with Crippen molar-refractivity contribution in [3.05, 3.63) is 76.3 Å². The van der Waals surface area contributed by atoms with E-state index in [0.717, 1.165) is 21.9 Å². The number of halogens is 2. The van der Waals surface area contributed by atoms with Crippen molar-refractivity contribution in [1.29, 1.82) is 0 Å². The minimum absolute atomic E-state index is 0.257. The molecule has 0 fully saturated rings. The minimum atomic E-state index is -0.291. The summed E-state index contributed by atoms with van der Waals surface area (Å²) >= 11 is 3.40. The van der Waals surface area contributed by atoms with Gasteiger partial charge in [-0.2, -0.15) is 0 Å². The van der Waals surface area contributed by atoms with Crippen molar-refractivity contribution in [2.45, 2.75) is 6.04 Å². The molecule has 0 saturated carbocycles. The number of benzene rings is 2. The Kier molecular flexibility index (Phi) is 3.96. The summed E-state index contributed by atoms with van der Waals surface area (Å²) in [6.45, 7) is 0. The number of fused-ring (bicyclic) bond motifs is 1. The van der Waals surface area contributed by atoms with Crippen molar-refractivity contribution in [3.63, 3.8) is 0 Å². The quantitative estimate of drug-likeness (QED) is 0.562. The van der Waals surface area contributed by atoms with E-state index in [1.54, 1.807) is 12.3 Å². The maximum atomic E-state index is 13.3. The third-order valence-corrected chi connectivity index (χ3v) is 4.16. The number of nitrogens with one attached hydrogen (secondary N) is 1. The fraction of sp³-hybridized carbons (Fsp3) is 0.0625. The van der Waals surface area contributed by atoms with Crippen molar-refractivity contribution in [2.75, 3.05) is 0 Å². The molecule has 0 radical (unpaired) electrons. The van der Waals surface area contributed by atoms with Crippen LogP contribution in [0.5, 0.6) is 0 Å². The highest BCUT2D eigenvalue weighted by Gasteiger charge is 2.18. The minimum Gasteiger partial charge on any atom is -0.271 e. The van der Waals surface area contributed by atoms with Crippen LogP contribution in [0.4, 0.5) is 4.39 Å². The third-order valence-electron chi connectivity index (χ3n) is 3.47. The van der Waals surface area contributed by atoms with E-state index in [-0.39, 0.29) is 11.9 Å². The molecular formula is C16H13BrFN3. The monoisotopic (exact) mass is 345 g/mol. The Balaban J connectivity index is 2.18. The van der Waals surface area contributed by atoms with Crippen LogP contribution in [0.1, 0.15) is 17.2 Å². The van der Waals surface area contributed by atoms with Crippen molar-refractivity contribution in [2.24, 2.45) is 5.84 Å². The zero-order valence-corrected chi connectivity index (χ0v) is 12.6. The van der Waals surface area contributed by atoms with Crippen LogP contribution in [0.15, 0.2) is 59.3 Å². The normalized spacial score (nSPS) is 12.5. The first kappa shape index (κ1) is 14.1. The lowest BCUT2D eigenvalue weighted by Crippen LogP contribution is -2.29. The summed E-state index contributed by atoms with van der Waals surface area (Å²) in [5, 5.41) is 2.10. The average Bonchev–Trinajstić information content (AvgIpc) is 2.50. The van der Waals surface area contributed by atoms with Crippen LogP contribution in [-0.4, -0.2) is 4.98 Å². The lowest BCUT2D eigenvalue weighted by Gasteiger charge is -2.20. The highest BCUT2D eigenvalue weighted by Crippen LogP contribution is 2.32. The molecule has 21 heavy (non-hydrogen) atoms. The largest absolute Gasteiger partial charge is 0.271 e. The first-order valence-corrected chi connectivity index (χ1v) is 7.23. The predicted octanol–water partition coefficient (Wildman–Crippen LogP) is 3.69. The Morgan fingerprint density at radius 1 is 1.14 bits per heavy atom. The highest BCUT2D eigenvalue weighted by molar-refractivity contribution is 9.10. The predicted molar refractivity (Wildman–Crippen MR) is 85.0 cm³/mol. The summed E-state index contributed by atoms with van der Waals surface area (Å²) in [5.74, 6) is 5.46. The standard InChI is InChI=1S/C16H13BrFN3/c17-15-8-11(18)4-5-13(15)16(21-19)12-3-1-2-10-6-7-20-9-14(10)12/h1-9,16,21H,19H2. The smallest absolute Gasteiger partial charge is 0.124 e. The second kappa shape index (κ2) is 5.89. The van der Waals surface area contributed by atoms with Gasteiger partial charge >= 0.3 is 0 Å². The van der Waals surface area contributed by atoms with Gasteiger partial charge in [-0.15, -0.1) is 0 Å². The first-order chi connectivity index (χ1) is 10.2. The van der Waals surface area contributed by atoms with Crippen LogP contribution in [0, 0.1) is 5.82 Å². The molecule has 1 aromatic heterocycles. The molecule has 0 aliphatic carbocycles. The number of hydrazine groups is 1. The molecule has 0 aliphatic rings. The van der Waals surface area contributed by atoms with Gasteiger partial charge in [0, 0.05) is 22.3 Å². The van der Waals surface area contributed by atoms with Gasteiger partial charge < -0.3 is 0 Å². The topological polar surface area (TPSA) is 50.9 Å². The van der Waals surface area contributed by atoms with Crippen LogP contribution in [-0.2, 0) is 0 Å². The maximum Gasteiger partial charge on any atom is 0.124 e. The molecule has 1 unspecified atom stereocenters. The Labute approximate surface area is 130 Å². The number of pyridine rings is 1. The van der Waals surface area contributed by atoms with E-state index < -0.39 is 0 Å². The number of rotatable bonds is 3. The maximum absolute atomic E-state index is 13.3. The molecule has 0 aliphatic heterocycles. The Bertz CT molecular complexity index is 786. The zero-order valence-electron chi connectivity index (χ0n) is 11.1. The summed E-state index contributed by atoms with van der Waals surface area (Å²) in [6.07, 6.45) is 3.57. The van der Waals surface area contributed by atoms with Gasteiger partial charge in [0.2, 0.25) is 0 Å². The molecule has 5 heteroatoms. The molecule has 106 valence electrons. The summed E-state index contributed by atoms with van der Waals surface area (Å²) in [5.41, 5.74) is 4.67. The van der Waals surface area contributed by atoms with Crippen molar-refractivity contribution >= 4 is 26.7 Å². The van der Waals surface area contributed by atoms with Crippen molar-refractivity contribution in [3.8, 4) is 0 Å². The number of hydrogen-bond donors (Lipinski definition) is 2. The summed E-state index contributed by atoms with van der Waals surface area (Å²) in [6, 6.07) is 12.3. The van der Waals surface area contributed by atoms with Gasteiger partial charge in [0.1, 0.15) is 5.82 Å². The third kappa shape index (κ3) is 2.68. The van der Waals surface area contributed by atoms with Crippen LogP contribution in [0.25, 0.3) is 10.8 Å². The summed E-state index contributed by atoms with van der Waals surface area (Å²) in [4.78, 5) is 4.18. The van der Waals surface area contributed by atoms with Crippen molar-refractivity contribution < 1.29 is 4.39 Å². The van der Waals surface area contributed by atoms with E-state index in [0.29, 0.717) is 4.47 Å². The van der Waals surface area contributed by atoms with Crippen LogP contribution in [0.3, 0.4) is 0 Å². The number of hydrogen-bond acceptors (Lipinski definition) is 3. The Hall–Kier alpha value is -1.82. The van der Waals surface area contributed by atoms with Crippen LogP contribution in [0.2, 0.25) is 0 Å². The Morgan fingerprint density at radius 3 is 2.76 bits per heavy atom. The van der Waals surface area contributed by atoms with Crippen molar-refractivity contribution in [1.82, 2.24) is 10.4 Å². The van der Waals surface area contributed by atoms with Gasteiger partial charge in [-0.05, 0) is 34.7 Å². The van der Waals surface area contributed by atoms with E-state index in [4.69, 9.17) is 5.84 Å². The summed E-state index contributed by atoms with van der Waals surface area (Å²) < 4.78 is 14.0. The van der Waals surface area contributed by atoms with Gasteiger partial charge in [0.05, 0.1) is 6.04 Å². The van der Waals surface area contributed by atoms with Gasteiger partial charge in [-0.3, -0.25) is 10.8 Å². The van der Waals surface area contributed by atoms with E-state index in [2.05, 4.69) is 26.3 Å². The molecule has 0 amide bonds. The molecule has 2 aromatic carbocycles. The van der Waals surface area contributed by atoms with Crippen LogP contribution < -0.4 is 11.3 Å². The number of nitrogens with zero attached hydrogens (tertiary/aromatic N) is 1. The SMILES string of the molecule is NNC(c1ccc(F)cc1Br)c1cccc2ccncc12. The van der Waals surface area contributed by atoms with Gasteiger partial charge in [0.25, 0.3) is 0 Å². The van der Waals surface area contributed by atoms with Gasteiger partial charge in [-0.25, -0.2) is 9.82 Å². The first-order valence-electron chi connectivity index (χ1n) is 6.44. The molecule has 0 saturated heterocycles. The highest BCUT2D eigenvalue weighted by atomic mass is 79.9. The molecule has 0 spiro atoms. The van der Waals surface area contributed by atoms with Crippen LogP contribution >= 0.6 is 15.9 Å². The fourth-order valence-corrected chi connectivity index (χ4v) is 3.05. The van der Waals surface area contributed by atoms with E-state index in [1.807, 2.05) is 30.5 Å². The van der Waals surface area contributed by atoms with Gasteiger partial charge in [0.15, 0.2) is 0 Å². The molecule has 0 bridgehead atoms. The molecule has 1 heterocycles. The number of aromatic nitrogens is 1. The molecule has 3 rings (SSSR count). The molecule has 3 aromatic rings. The second-order valence-electron chi connectivity index (χ2n) is 4.71. The molecule has 3 nitrogen and oxygen atoms in total. The second-order valence-corrected chi connectivity index (χ2v) is 5.56. The average molecular weight is 346 g/mol. The van der Waals surface area contributed by atoms with E-state index in [9.17, 15) is 4.39 Å². The molecular weight excluding hydrogens is 333 g/mol. The number of nitrogens with two attached hydrogens (primary N) is 1. The zero-order chi connectivity index (χ0) is 14.8. The summed E-state index contributed by atoms with van der Waals surface area (Å²) in [7, 11) is 0. The fourth-order valence-electron chi connectivity index (χ4n) is 2.47. The molecule has 1 atom stereocenters. The van der Waals surface area contributed by atoms with E-state index in [1.165, 1.54) is 12.1 Å².